The molecule has 0 saturated carbocycles. The van der Waals surface area contributed by atoms with Gasteiger partial charge in [-0.2, -0.15) is 0 Å². The molecule has 5 nitrogen and oxygen atoms in total. The summed E-state index contributed by atoms with van der Waals surface area (Å²) in [7, 11) is 0. The molecule has 1 fully saturated rings. The van der Waals surface area contributed by atoms with Gasteiger partial charge in [0.1, 0.15) is 6.04 Å². The maximum absolute atomic E-state index is 13.1. The van der Waals surface area contributed by atoms with Gasteiger partial charge in [0.2, 0.25) is 5.91 Å². The van der Waals surface area contributed by atoms with Crippen molar-refractivity contribution in [2.45, 2.75) is 18.9 Å². The van der Waals surface area contributed by atoms with Gasteiger partial charge >= 0.3 is 0 Å². The van der Waals surface area contributed by atoms with Gasteiger partial charge in [0.15, 0.2) is 0 Å². The summed E-state index contributed by atoms with van der Waals surface area (Å²) in [6.45, 7) is 1.88. The molecule has 1 aliphatic rings. The number of hydrogen-bond donors (Lipinski definition) is 1. The van der Waals surface area contributed by atoms with Crippen molar-refractivity contribution in [1.29, 1.82) is 0 Å². The highest BCUT2D eigenvalue weighted by Gasteiger charge is 2.29. The number of amides is 1. The summed E-state index contributed by atoms with van der Waals surface area (Å²) in [5, 5.41) is 3.60. The quantitative estimate of drug-likeness (QED) is 0.717. The topological polar surface area (TPSA) is 50.2 Å². The van der Waals surface area contributed by atoms with E-state index in [4.69, 9.17) is 11.6 Å². The van der Waals surface area contributed by atoms with Crippen LogP contribution in [0, 0.1) is 0 Å². The van der Waals surface area contributed by atoms with Crippen molar-refractivity contribution in [1.82, 2.24) is 14.5 Å². The Morgan fingerprint density at radius 3 is 2.56 bits per heavy atom. The summed E-state index contributed by atoms with van der Waals surface area (Å²) in [5.41, 5.74) is 2.53. The molecule has 1 aromatic heterocycles. The Labute approximate surface area is 163 Å². The zero-order valence-electron chi connectivity index (χ0n) is 14.9. The number of hydrogen-bond acceptors (Lipinski definition) is 3. The van der Waals surface area contributed by atoms with Crippen molar-refractivity contribution in [3.05, 3.63) is 77.8 Å². The second-order valence-corrected chi connectivity index (χ2v) is 7.09. The molecule has 2 aromatic carbocycles. The minimum absolute atomic E-state index is 0.0328. The molecule has 1 atom stereocenters. The first-order valence-corrected chi connectivity index (χ1v) is 9.48. The van der Waals surface area contributed by atoms with Crippen molar-refractivity contribution in [3.63, 3.8) is 0 Å². The van der Waals surface area contributed by atoms with Crippen molar-refractivity contribution in [3.8, 4) is 5.69 Å². The Kier molecular flexibility index (Phi) is 5.23. The zero-order valence-corrected chi connectivity index (χ0v) is 15.6. The molecule has 4 rings (SSSR count). The van der Waals surface area contributed by atoms with E-state index in [1.54, 1.807) is 18.6 Å². The summed E-state index contributed by atoms with van der Waals surface area (Å²) in [5.74, 6) is -0.0328. The number of imidazole rings is 1. The Hall–Kier alpha value is -2.63. The van der Waals surface area contributed by atoms with Crippen molar-refractivity contribution in [2.75, 3.05) is 18.4 Å². The number of rotatable bonds is 5. The zero-order chi connectivity index (χ0) is 18.6. The number of aromatic nitrogens is 2. The summed E-state index contributed by atoms with van der Waals surface area (Å²) < 4.78 is 1.84. The van der Waals surface area contributed by atoms with Crippen LogP contribution in [0.2, 0.25) is 5.02 Å². The molecule has 1 unspecified atom stereocenters. The summed E-state index contributed by atoms with van der Waals surface area (Å²) in [4.78, 5) is 19.4. The van der Waals surface area contributed by atoms with E-state index in [9.17, 15) is 4.79 Å². The van der Waals surface area contributed by atoms with Crippen LogP contribution in [0.1, 0.15) is 24.4 Å². The fourth-order valence-corrected chi connectivity index (χ4v) is 3.85. The van der Waals surface area contributed by atoms with Gasteiger partial charge in [0.05, 0.1) is 17.0 Å². The average molecular weight is 381 g/mol. The first-order valence-electron chi connectivity index (χ1n) is 9.10. The lowest BCUT2D eigenvalue weighted by molar-refractivity contribution is -0.121. The number of benzene rings is 2. The van der Waals surface area contributed by atoms with Crippen LogP contribution in [-0.4, -0.2) is 33.4 Å². The Morgan fingerprint density at radius 2 is 1.89 bits per heavy atom. The predicted octanol–water partition coefficient (Wildman–Crippen LogP) is 4.30. The lowest BCUT2D eigenvalue weighted by Gasteiger charge is -2.27. The molecule has 0 spiro atoms. The predicted molar refractivity (Wildman–Crippen MR) is 107 cm³/mol. The van der Waals surface area contributed by atoms with Crippen LogP contribution in [0.4, 0.5) is 5.69 Å². The third kappa shape index (κ3) is 3.89. The molecule has 1 amide bonds. The molecule has 138 valence electrons. The molecule has 0 radical (unpaired) electrons. The minimum atomic E-state index is -0.291. The lowest BCUT2D eigenvalue weighted by atomic mass is 10.0. The number of nitrogens with one attached hydrogen (secondary N) is 1. The van der Waals surface area contributed by atoms with E-state index in [1.165, 1.54) is 0 Å². The molecule has 3 aromatic rings. The van der Waals surface area contributed by atoms with E-state index in [2.05, 4.69) is 15.2 Å². The molecule has 27 heavy (non-hydrogen) atoms. The number of likely N-dealkylation sites (tertiary alicyclic amines) is 1. The third-order valence-corrected chi connectivity index (χ3v) is 5.17. The number of carbonyl (C=O) groups excluding carboxylic acids is 1. The molecule has 0 aliphatic carbocycles. The smallest absolute Gasteiger partial charge is 0.246 e. The van der Waals surface area contributed by atoms with E-state index in [1.807, 2.05) is 53.2 Å². The van der Waals surface area contributed by atoms with Crippen LogP contribution in [-0.2, 0) is 4.79 Å². The molecule has 2 heterocycles. The Balaban J connectivity index is 1.57. The van der Waals surface area contributed by atoms with E-state index in [0.29, 0.717) is 10.7 Å². The molecule has 0 bridgehead atoms. The second-order valence-electron chi connectivity index (χ2n) is 6.68. The summed E-state index contributed by atoms with van der Waals surface area (Å²) in [6, 6.07) is 15.2. The van der Waals surface area contributed by atoms with Crippen LogP contribution in [0.5, 0.6) is 0 Å². The van der Waals surface area contributed by atoms with Gasteiger partial charge in [0, 0.05) is 18.1 Å². The largest absolute Gasteiger partial charge is 0.324 e. The fraction of sp³-hybridized carbons (Fsp3) is 0.238. The number of carbonyl (C=O) groups is 1. The standard InChI is InChI=1S/C21H21ClN4O/c22-18-14-17(8-9-19(18)26-13-10-23-15-26)24-21(27)20(25-11-4-5-12-25)16-6-2-1-3-7-16/h1-3,6-10,13-15,20H,4-5,11-12H2,(H,24,27). The van der Waals surface area contributed by atoms with E-state index < -0.39 is 0 Å². The molecular weight excluding hydrogens is 360 g/mol. The first kappa shape index (κ1) is 17.8. The summed E-state index contributed by atoms with van der Waals surface area (Å²) in [6.07, 6.45) is 7.48. The Morgan fingerprint density at radius 1 is 1.11 bits per heavy atom. The molecule has 6 heteroatoms. The third-order valence-electron chi connectivity index (χ3n) is 4.87. The fourth-order valence-electron chi connectivity index (χ4n) is 3.57. The molecule has 1 N–H and O–H groups in total. The number of halogens is 1. The lowest BCUT2D eigenvalue weighted by Crippen LogP contribution is -2.35. The van der Waals surface area contributed by atoms with Gasteiger partial charge < -0.3 is 9.88 Å². The first-order chi connectivity index (χ1) is 13.2. The van der Waals surface area contributed by atoms with Crippen molar-refractivity contribution >= 4 is 23.2 Å². The highest BCUT2D eigenvalue weighted by Crippen LogP contribution is 2.28. The maximum Gasteiger partial charge on any atom is 0.246 e. The number of anilines is 1. The summed E-state index contributed by atoms with van der Waals surface area (Å²) >= 11 is 6.42. The molecular formula is C21H21ClN4O. The molecule has 1 saturated heterocycles. The molecule has 1 aliphatic heterocycles. The van der Waals surface area contributed by atoms with Crippen LogP contribution in [0.15, 0.2) is 67.3 Å². The highest BCUT2D eigenvalue weighted by atomic mass is 35.5. The highest BCUT2D eigenvalue weighted by molar-refractivity contribution is 6.32. The monoisotopic (exact) mass is 380 g/mol. The van der Waals surface area contributed by atoms with E-state index in [0.717, 1.165) is 37.2 Å². The Bertz CT molecular complexity index is 905. The maximum atomic E-state index is 13.1. The van der Waals surface area contributed by atoms with Gasteiger partial charge in [-0.25, -0.2) is 4.98 Å². The number of nitrogens with zero attached hydrogens (tertiary/aromatic N) is 3. The van der Waals surface area contributed by atoms with Gasteiger partial charge in [-0.15, -0.1) is 0 Å². The average Bonchev–Trinajstić information content (AvgIpc) is 3.37. The van der Waals surface area contributed by atoms with Crippen molar-refractivity contribution < 1.29 is 4.79 Å². The van der Waals surface area contributed by atoms with Gasteiger partial charge in [-0.1, -0.05) is 41.9 Å². The van der Waals surface area contributed by atoms with Gasteiger partial charge in [-0.05, 0) is 49.7 Å². The van der Waals surface area contributed by atoms with E-state index >= 15 is 0 Å². The van der Waals surface area contributed by atoms with E-state index in [-0.39, 0.29) is 11.9 Å². The van der Waals surface area contributed by atoms with Crippen molar-refractivity contribution in [2.24, 2.45) is 0 Å². The second kappa shape index (κ2) is 7.94. The SMILES string of the molecule is O=C(Nc1ccc(-n2ccnc2)c(Cl)c1)C(c1ccccc1)N1CCCC1. The van der Waals surface area contributed by atoms with Gasteiger partial charge in [0.25, 0.3) is 0 Å². The van der Waals surface area contributed by atoms with Crippen LogP contribution < -0.4 is 5.32 Å². The van der Waals surface area contributed by atoms with Crippen LogP contribution in [0.25, 0.3) is 5.69 Å². The van der Waals surface area contributed by atoms with Gasteiger partial charge in [-0.3, -0.25) is 9.69 Å². The normalized spacial score (nSPS) is 15.6. The van der Waals surface area contributed by atoms with Crippen LogP contribution >= 0.6 is 11.6 Å². The minimum Gasteiger partial charge on any atom is -0.324 e. The van der Waals surface area contributed by atoms with Crippen LogP contribution in [0.3, 0.4) is 0 Å².